The molecule has 6 rings (SSSR count). The lowest BCUT2D eigenvalue weighted by Gasteiger charge is -2.19. The number of aromatic nitrogens is 4. The first-order valence-corrected chi connectivity index (χ1v) is 10.8. The minimum atomic E-state index is -0.404. The van der Waals surface area contributed by atoms with Crippen molar-refractivity contribution < 1.29 is 14.3 Å². The van der Waals surface area contributed by atoms with Crippen molar-refractivity contribution in [2.75, 3.05) is 18.5 Å². The Hall–Kier alpha value is -4.66. The van der Waals surface area contributed by atoms with Crippen LogP contribution < -0.4 is 20.3 Å². The van der Waals surface area contributed by atoms with Gasteiger partial charge in [-0.1, -0.05) is 42.5 Å². The third-order valence-corrected chi connectivity index (χ3v) is 5.67. The summed E-state index contributed by atoms with van der Waals surface area (Å²) in [6.45, 7) is 0.709. The predicted octanol–water partition coefficient (Wildman–Crippen LogP) is 3.12. The van der Waals surface area contributed by atoms with Crippen LogP contribution in [0.2, 0.25) is 0 Å². The van der Waals surface area contributed by atoms with E-state index in [1.54, 1.807) is 24.3 Å². The van der Waals surface area contributed by atoms with Crippen molar-refractivity contribution in [2.45, 2.75) is 6.54 Å². The summed E-state index contributed by atoms with van der Waals surface area (Å²) in [6, 6.07) is 20.8. The molecule has 0 fully saturated rings. The molecule has 0 bridgehead atoms. The molecule has 1 aliphatic heterocycles. The largest absolute Gasteiger partial charge is 0.486 e. The van der Waals surface area contributed by atoms with Gasteiger partial charge in [-0.2, -0.15) is 10.2 Å². The van der Waals surface area contributed by atoms with Crippen molar-refractivity contribution in [1.29, 1.82) is 0 Å². The average Bonchev–Trinajstić information content (AvgIpc) is 3.30. The number of hydrogen-bond donors (Lipinski definition) is 1. The van der Waals surface area contributed by atoms with Crippen molar-refractivity contribution in [2.24, 2.45) is 0 Å². The Morgan fingerprint density at radius 3 is 2.71 bits per heavy atom. The molecule has 5 aromatic rings. The first-order chi connectivity index (χ1) is 16.7. The molecule has 3 aromatic carbocycles. The molecule has 9 nitrogen and oxygen atoms in total. The molecule has 1 N–H and O–H groups in total. The summed E-state index contributed by atoms with van der Waals surface area (Å²) in [7, 11) is 0. The zero-order valence-corrected chi connectivity index (χ0v) is 18.0. The van der Waals surface area contributed by atoms with Gasteiger partial charge in [-0.15, -0.1) is 0 Å². The van der Waals surface area contributed by atoms with E-state index in [2.05, 4.69) is 15.5 Å². The summed E-state index contributed by atoms with van der Waals surface area (Å²) in [5.74, 6) is 0.820. The number of carbonyl (C=O) groups excluding carboxylic acids is 1. The number of hydrogen-bond acceptors (Lipinski definition) is 6. The monoisotopic (exact) mass is 453 g/mol. The smallest absolute Gasteiger partial charge is 0.293 e. The summed E-state index contributed by atoms with van der Waals surface area (Å²) < 4.78 is 13.6. The molecule has 0 saturated carbocycles. The lowest BCUT2D eigenvalue weighted by Crippen LogP contribution is -2.30. The number of benzene rings is 3. The number of carbonyl (C=O) groups is 1. The van der Waals surface area contributed by atoms with Gasteiger partial charge in [0.2, 0.25) is 5.91 Å². The number of rotatable bonds is 4. The van der Waals surface area contributed by atoms with Crippen LogP contribution in [0.3, 0.4) is 0 Å². The van der Waals surface area contributed by atoms with Gasteiger partial charge in [0.1, 0.15) is 31.6 Å². The summed E-state index contributed by atoms with van der Waals surface area (Å²) >= 11 is 0. The highest BCUT2D eigenvalue weighted by atomic mass is 16.6. The van der Waals surface area contributed by atoms with Gasteiger partial charge in [0.05, 0.1) is 5.69 Å². The van der Waals surface area contributed by atoms with Crippen LogP contribution in [0.5, 0.6) is 11.5 Å². The van der Waals surface area contributed by atoms with E-state index in [-0.39, 0.29) is 12.5 Å². The van der Waals surface area contributed by atoms with Crippen LogP contribution in [-0.4, -0.2) is 38.5 Å². The zero-order chi connectivity index (χ0) is 23.1. The highest BCUT2D eigenvalue weighted by Crippen LogP contribution is 2.32. The Bertz CT molecular complexity index is 1620. The van der Waals surface area contributed by atoms with E-state index >= 15 is 0 Å². The highest BCUT2D eigenvalue weighted by Gasteiger charge is 2.16. The van der Waals surface area contributed by atoms with Crippen LogP contribution in [0.4, 0.5) is 5.69 Å². The molecule has 0 spiro atoms. The molecule has 2 aromatic heterocycles. The number of fused-ring (bicyclic) bond motifs is 3. The van der Waals surface area contributed by atoms with E-state index in [4.69, 9.17) is 9.47 Å². The van der Waals surface area contributed by atoms with Crippen LogP contribution in [0, 0.1) is 0 Å². The summed E-state index contributed by atoms with van der Waals surface area (Å²) in [5.41, 5.74) is 2.06. The van der Waals surface area contributed by atoms with Crippen LogP contribution >= 0.6 is 0 Å². The third-order valence-electron chi connectivity index (χ3n) is 5.67. The lowest BCUT2D eigenvalue weighted by atomic mass is 10.0. The van der Waals surface area contributed by atoms with Crippen molar-refractivity contribution >= 4 is 27.9 Å². The van der Waals surface area contributed by atoms with Gasteiger partial charge >= 0.3 is 0 Å². The third kappa shape index (κ3) is 3.53. The molecule has 0 radical (unpaired) electrons. The second kappa shape index (κ2) is 8.04. The molecule has 0 saturated heterocycles. The Kier molecular flexibility index (Phi) is 4.72. The van der Waals surface area contributed by atoms with Gasteiger partial charge < -0.3 is 14.8 Å². The van der Waals surface area contributed by atoms with E-state index < -0.39 is 5.56 Å². The van der Waals surface area contributed by atoms with Crippen molar-refractivity contribution in [3.8, 4) is 22.8 Å². The van der Waals surface area contributed by atoms with E-state index in [1.807, 2.05) is 42.5 Å². The van der Waals surface area contributed by atoms with Crippen LogP contribution in [-0.2, 0) is 11.3 Å². The molecule has 1 aliphatic rings. The van der Waals surface area contributed by atoms with Crippen LogP contribution in [0.15, 0.2) is 77.9 Å². The predicted molar refractivity (Wildman–Crippen MR) is 126 cm³/mol. The van der Waals surface area contributed by atoms with Crippen molar-refractivity contribution in [3.63, 3.8) is 0 Å². The topological polar surface area (TPSA) is 99.8 Å². The van der Waals surface area contributed by atoms with Crippen molar-refractivity contribution in [1.82, 2.24) is 19.4 Å². The lowest BCUT2D eigenvalue weighted by molar-refractivity contribution is -0.117. The molecule has 0 unspecified atom stereocenters. The number of nitrogens with one attached hydrogen (secondary N) is 1. The molecular weight excluding hydrogens is 434 g/mol. The summed E-state index contributed by atoms with van der Waals surface area (Å²) in [5, 5.41) is 13.6. The first-order valence-electron chi connectivity index (χ1n) is 10.8. The molecule has 1 amide bonds. The maximum atomic E-state index is 13.0. The van der Waals surface area contributed by atoms with Crippen LogP contribution in [0.1, 0.15) is 0 Å². The fourth-order valence-corrected chi connectivity index (χ4v) is 4.09. The Balaban J connectivity index is 1.27. The molecule has 168 valence electrons. The molecule has 0 aliphatic carbocycles. The molecule has 3 heterocycles. The molecule has 9 heteroatoms. The minimum absolute atomic E-state index is 0.238. The number of ether oxygens (including phenoxy) is 2. The first kappa shape index (κ1) is 20.0. The van der Waals surface area contributed by atoms with E-state index in [0.717, 1.165) is 21.0 Å². The van der Waals surface area contributed by atoms with Crippen LogP contribution in [0.25, 0.3) is 27.5 Å². The standard InChI is InChI=1S/C25H19N5O4/c31-24(27-17-8-9-22-23(12-17)34-11-10-33-22)14-29-25(32)21-13-20(28-30(21)15-26-29)19-7-3-5-16-4-1-2-6-18(16)19/h1-9,12-13,15H,10-11,14H2,(H,27,31). The molecule has 34 heavy (non-hydrogen) atoms. The maximum absolute atomic E-state index is 13.0. The quantitative estimate of drug-likeness (QED) is 0.449. The second-order valence-corrected chi connectivity index (χ2v) is 7.89. The maximum Gasteiger partial charge on any atom is 0.293 e. The minimum Gasteiger partial charge on any atom is -0.486 e. The second-order valence-electron chi connectivity index (χ2n) is 7.89. The van der Waals surface area contributed by atoms with Gasteiger partial charge in [0.15, 0.2) is 11.5 Å². The van der Waals surface area contributed by atoms with Crippen molar-refractivity contribution in [3.05, 3.63) is 83.4 Å². The highest BCUT2D eigenvalue weighted by molar-refractivity contribution is 5.96. The van der Waals surface area contributed by atoms with Gasteiger partial charge in [-0.25, -0.2) is 9.20 Å². The fourth-order valence-electron chi connectivity index (χ4n) is 4.09. The van der Waals surface area contributed by atoms with Gasteiger partial charge in [0.25, 0.3) is 5.56 Å². The van der Waals surface area contributed by atoms with E-state index in [0.29, 0.717) is 41.6 Å². The normalized spacial score (nSPS) is 12.7. The van der Waals surface area contributed by atoms with Gasteiger partial charge in [-0.3, -0.25) is 9.59 Å². The molecular formula is C25H19N5O4. The van der Waals surface area contributed by atoms with Gasteiger partial charge in [-0.05, 0) is 29.0 Å². The SMILES string of the molecule is O=C(Cn1ncn2nc(-c3cccc4ccccc34)cc2c1=O)Nc1ccc2c(c1)OCCO2. The number of anilines is 1. The zero-order valence-electron chi connectivity index (χ0n) is 18.0. The number of amides is 1. The summed E-state index contributed by atoms with van der Waals surface area (Å²) in [4.78, 5) is 25.6. The Morgan fingerprint density at radius 2 is 1.79 bits per heavy atom. The average molecular weight is 453 g/mol. The summed E-state index contributed by atoms with van der Waals surface area (Å²) in [6.07, 6.45) is 1.43. The number of nitrogens with zero attached hydrogens (tertiary/aromatic N) is 4. The van der Waals surface area contributed by atoms with Gasteiger partial charge in [0, 0.05) is 17.3 Å². The van der Waals surface area contributed by atoms with E-state index in [1.165, 1.54) is 10.8 Å². The fraction of sp³-hybridized carbons (Fsp3) is 0.120. The molecule has 0 atom stereocenters. The Morgan fingerprint density at radius 1 is 0.971 bits per heavy atom. The Labute approximate surface area is 193 Å². The van der Waals surface area contributed by atoms with E-state index in [9.17, 15) is 9.59 Å².